The van der Waals surface area contributed by atoms with E-state index in [4.69, 9.17) is 33.2 Å². The van der Waals surface area contributed by atoms with Gasteiger partial charge in [0.25, 0.3) is 11.4 Å². The standard InChI is InChI=1S/C12H6ClIN4O2.C6H6BNO4.C6H3ClIN3/c13-11-10-9(14)5-17(12(10)16-6-15-11)7-2-1-3-8(4-7)18(19)20;9-7(10)5-2-1-3-6(4-5)8(11)12;7-5-4-3(8)1-9-6(4)11-2-10-5/h1-6H;1-4,9-10H;1-2H,(H,9,10,11). The van der Waals surface area contributed by atoms with E-state index in [0.29, 0.717) is 21.6 Å². The highest BCUT2D eigenvalue weighted by Crippen LogP contribution is 2.30. The molecule has 0 atom stereocenters. The molecule has 0 spiro atoms. The second kappa shape index (κ2) is 14.3. The average Bonchev–Trinajstić information content (AvgIpc) is 3.54. The lowest BCUT2D eigenvalue weighted by atomic mass is 9.80. The van der Waals surface area contributed by atoms with E-state index in [9.17, 15) is 20.2 Å². The van der Waals surface area contributed by atoms with Crippen molar-refractivity contribution in [1.29, 1.82) is 0 Å². The second-order valence-electron chi connectivity index (χ2n) is 8.24. The fraction of sp³-hybridized carbons (Fsp3) is 0. The van der Waals surface area contributed by atoms with Crippen molar-refractivity contribution in [3.8, 4) is 5.69 Å². The van der Waals surface area contributed by atoms with Crippen LogP contribution in [0.25, 0.3) is 27.8 Å². The third-order valence-electron chi connectivity index (χ3n) is 5.56. The number of aromatic amines is 1. The molecule has 4 aromatic heterocycles. The Bertz CT molecular complexity index is 1960. The summed E-state index contributed by atoms with van der Waals surface area (Å²) in [5.41, 5.74) is 2.05. The molecule has 14 nitrogen and oxygen atoms in total. The number of nitro benzene ring substituents is 2. The van der Waals surface area contributed by atoms with Crippen molar-refractivity contribution in [2.24, 2.45) is 0 Å². The van der Waals surface area contributed by atoms with Gasteiger partial charge in [-0.15, -0.1) is 0 Å². The van der Waals surface area contributed by atoms with Crippen LogP contribution in [0.2, 0.25) is 10.3 Å². The SMILES string of the molecule is Clc1ncnc2[nH]cc(I)c12.O=[N+]([O-])c1cccc(-n2cc(I)c3c(Cl)ncnc32)c1.O=[N+]([O-])c1cccc(B(O)O)c1. The highest BCUT2D eigenvalue weighted by Gasteiger charge is 2.16. The Balaban J connectivity index is 0.000000158. The molecule has 6 aromatic rings. The van der Waals surface area contributed by atoms with Crippen molar-refractivity contribution in [2.75, 3.05) is 0 Å². The van der Waals surface area contributed by atoms with Gasteiger partial charge in [-0.1, -0.05) is 41.4 Å². The summed E-state index contributed by atoms with van der Waals surface area (Å²) in [6.07, 6.45) is 6.49. The van der Waals surface area contributed by atoms with Crippen LogP contribution in [0.1, 0.15) is 0 Å². The summed E-state index contributed by atoms with van der Waals surface area (Å²) in [4.78, 5) is 39.1. The van der Waals surface area contributed by atoms with Gasteiger partial charge in [0, 0.05) is 43.8 Å². The average molecular weight is 847 g/mol. The summed E-state index contributed by atoms with van der Waals surface area (Å²) in [7, 11) is -1.66. The first-order valence-corrected chi connectivity index (χ1v) is 14.5. The number of non-ortho nitro benzene ring substituents is 2. The first kappa shape index (κ1) is 32.4. The van der Waals surface area contributed by atoms with Crippen LogP contribution < -0.4 is 5.46 Å². The number of benzene rings is 2. The molecule has 4 heterocycles. The molecule has 0 saturated heterocycles. The molecule has 0 aliphatic heterocycles. The highest BCUT2D eigenvalue weighted by atomic mass is 127. The Kier molecular flexibility index (Phi) is 10.8. The monoisotopic (exact) mass is 846 g/mol. The van der Waals surface area contributed by atoms with Gasteiger partial charge in [-0.05, 0) is 56.7 Å². The van der Waals surface area contributed by atoms with Crippen LogP contribution in [-0.2, 0) is 0 Å². The summed E-state index contributed by atoms with van der Waals surface area (Å²) in [5.74, 6) is 0. The fourth-order valence-electron chi connectivity index (χ4n) is 3.62. The molecular formula is C24H15BCl2I2N8O6. The maximum atomic E-state index is 10.9. The number of hydrogen-bond donors (Lipinski definition) is 3. The van der Waals surface area contributed by atoms with Crippen molar-refractivity contribution in [3.63, 3.8) is 0 Å². The minimum atomic E-state index is -1.66. The molecule has 43 heavy (non-hydrogen) atoms. The number of H-pyrrole nitrogens is 1. The van der Waals surface area contributed by atoms with E-state index in [0.717, 1.165) is 29.6 Å². The lowest BCUT2D eigenvalue weighted by Gasteiger charge is -2.04. The van der Waals surface area contributed by atoms with Crippen molar-refractivity contribution < 1.29 is 19.9 Å². The molecule has 0 amide bonds. The third-order valence-corrected chi connectivity index (χ3v) is 7.81. The van der Waals surface area contributed by atoms with Gasteiger partial charge in [0.15, 0.2) is 5.65 Å². The number of hydrogen-bond acceptors (Lipinski definition) is 10. The van der Waals surface area contributed by atoms with Crippen LogP contribution in [0.5, 0.6) is 0 Å². The van der Waals surface area contributed by atoms with E-state index in [2.05, 4.69) is 70.1 Å². The second-order valence-corrected chi connectivity index (χ2v) is 11.3. The molecule has 0 aliphatic carbocycles. The number of rotatable bonds is 4. The Morgan fingerprint density at radius 3 is 2.07 bits per heavy atom. The predicted octanol–water partition coefficient (Wildman–Crippen LogP) is 5.08. The number of nitro groups is 2. The van der Waals surface area contributed by atoms with Gasteiger partial charge in [0.2, 0.25) is 0 Å². The Hall–Kier alpha value is -3.50. The van der Waals surface area contributed by atoms with Crippen LogP contribution in [-0.4, -0.2) is 56.5 Å². The molecule has 3 N–H and O–H groups in total. The maximum Gasteiger partial charge on any atom is 0.488 e. The largest absolute Gasteiger partial charge is 0.488 e. The van der Waals surface area contributed by atoms with Crippen molar-refractivity contribution >= 4 is 114 Å². The van der Waals surface area contributed by atoms with Gasteiger partial charge >= 0.3 is 7.12 Å². The van der Waals surface area contributed by atoms with Crippen LogP contribution in [0.15, 0.2) is 73.6 Å². The Morgan fingerprint density at radius 1 is 0.837 bits per heavy atom. The topological polar surface area (TPSA) is 199 Å². The summed E-state index contributed by atoms with van der Waals surface area (Å²) >= 11 is 16.2. The number of aromatic nitrogens is 6. The maximum absolute atomic E-state index is 10.9. The van der Waals surface area contributed by atoms with Crippen LogP contribution >= 0.6 is 68.4 Å². The Labute approximate surface area is 278 Å². The van der Waals surface area contributed by atoms with Crippen molar-refractivity contribution in [1.82, 2.24) is 29.5 Å². The smallest absolute Gasteiger partial charge is 0.423 e. The van der Waals surface area contributed by atoms with Gasteiger partial charge in [-0.25, -0.2) is 19.9 Å². The molecule has 0 fully saturated rings. The quantitative estimate of drug-likeness (QED) is 0.0708. The van der Waals surface area contributed by atoms with E-state index in [-0.39, 0.29) is 16.8 Å². The van der Waals surface area contributed by atoms with E-state index in [1.165, 1.54) is 43.0 Å². The predicted molar refractivity (Wildman–Crippen MR) is 178 cm³/mol. The molecular weight excluding hydrogens is 832 g/mol. The molecule has 2 aromatic carbocycles. The van der Waals surface area contributed by atoms with Crippen molar-refractivity contribution in [2.45, 2.75) is 0 Å². The fourth-order valence-corrected chi connectivity index (χ4v) is 5.85. The summed E-state index contributed by atoms with van der Waals surface area (Å²) in [5, 5.41) is 40.9. The molecule has 0 aliphatic rings. The van der Waals surface area contributed by atoms with Crippen molar-refractivity contribution in [3.05, 3.63) is 111 Å². The molecule has 0 unspecified atom stereocenters. The zero-order valence-corrected chi connectivity index (χ0v) is 27.0. The minimum Gasteiger partial charge on any atom is -0.423 e. The van der Waals surface area contributed by atoms with Gasteiger partial charge < -0.3 is 15.0 Å². The van der Waals surface area contributed by atoms with Gasteiger partial charge in [0.05, 0.1) is 26.3 Å². The summed E-state index contributed by atoms with van der Waals surface area (Å²) in [6.45, 7) is 0. The summed E-state index contributed by atoms with van der Waals surface area (Å²) in [6, 6.07) is 11.5. The number of halogens is 4. The van der Waals surface area contributed by atoms with Gasteiger partial charge in [-0.3, -0.25) is 24.8 Å². The van der Waals surface area contributed by atoms with Gasteiger partial charge in [-0.2, -0.15) is 0 Å². The molecule has 0 saturated carbocycles. The van der Waals surface area contributed by atoms with E-state index >= 15 is 0 Å². The van der Waals surface area contributed by atoms with E-state index in [1.54, 1.807) is 16.7 Å². The number of nitrogens with one attached hydrogen (secondary N) is 1. The zero-order chi connectivity index (χ0) is 31.3. The number of nitrogens with zero attached hydrogens (tertiary/aromatic N) is 7. The lowest BCUT2D eigenvalue weighted by Crippen LogP contribution is -2.29. The Morgan fingerprint density at radius 2 is 1.44 bits per heavy atom. The molecule has 218 valence electrons. The molecule has 19 heteroatoms. The van der Waals surface area contributed by atoms with Crippen LogP contribution in [0.3, 0.4) is 0 Å². The first-order chi connectivity index (χ1) is 20.5. The minimum absolute atomic E-state index is 0.0273. The number of fused-ring (bicyclic) bond motifs is 2. The third kappa shape index (κ3) is 7.72. The molecule has 0 radical (unpaired) electrons. The lowest BCUT2D eigenvalue weighted by molar-refractivity contribution is -0.385. The van der Waals surface area contributed by atoms with E-state index in [1.807, 2.05) is 12.4 Å². The molecule has 0 bridgehead atoms. The van der Waals surface area contributed by atoms with Gasteiger partial charge in [0.1, 0.15) is 28.6 Å². The van der Waals surface area contributed by atoms with Crippen LogP contribution in [0, 0.1) is 27.4 Å². The normalized spacial score (nSPS) is 10.5. The molecule has 6 rings (SSSR count). The zero-order valence-electron chi connectivity index (χ0n) is 21.2. The highest BCUT2D eigenvalue weighted by molar-refractivity contribution is 14.1. The van der Waals surface area contributed by atoms with E-state index < -0.39 is 17.0 Å². The van der Waals surface area contributed by atoms with Crippen LogP contribution in [0.4, 0.5) is 11.4 Å². The summed E-state index contributed by atoms with van der Waals surface area (Å²) < 4.78 is 3.69. The first-order valence-electron chi connectivity index (χ1n) is 11.6.